The summed E-state index contributed by atoms with van der Waals surface area (Å²) < 4.78 is 4.86. The van der Waals surface area contributed by atoms with Gasteiger partial charge in [0.05, 0.1) is 28.4 Å². The van der Waals surface area contributed by atoms with Crippen LogP contribution >= 0.6 is 23.2 Å². The third-order valence-corrected chi connectivity index (χ3v) is 3.58. The molecule has 0 radical (unpaired) electrons. The number of carbonyl (C=O) groups is 2. The summed E-state index contributed by atoms with van der Waals surface area (Å²) in [5.74, 6) is -0.767. The normalized spacial score (nSPS) is 10.3. The minimum Gasteiger partial charge on any atom is -0.383 e. The summed E-state index contributed by atoms with van der Waals surface area (Å²) in [7, 11) is 1.54. The van der Waals surface area contributed by atoms with Gasteiger partial charge in [0.15, 0.2) is 0 Å². The molecule has 24 heavy (non-hydrogen) atoms. The number of methoxy groups -OCH3 is 1. The van der Waals surface area contributed by atoms with E-state index in [1.807, 2.05) is 0 Å². The van der Waals surface area contributed by atoms with E-state index in [1.165, 1.54) is 24.5 Å². The lowest BCUT2D eigenvalue weighted by Crippen LogP contribution is -2.27. The molecule has 2 N–H and O–H groups in total. The Hall–Kier alpha value is -2.15. The van der Waals surface area contributed by atoms with E-state index in [1.54, 1.807) is 19.2 Å². The zero-order valence-electron chi connectivity index (χ0n) is 12.8. The van der Waals surface area contributed by atoms with Crippen molar-refractivity contribution in [2.75, 3.05) is 25.6 Å². The summed E-state index contributed by atoms with van der Waals surface area (Å²) in [4.78, 5) is 28.2. The smallest absolute Gasteiger partial charge is 0.257 e. The highest BCUT2D eigenvalue weighted by atomic mass is 35.5. The van der Waals surface area contributed by atoms with Crippen LogP contribution in [0.25, 0.3) is 0 Å². The van der Waals surface area contributed by atoms with Crippen molar-refractivity contribution in [1.29, 1.82) is 0 Å². The summed E-state index contributed by atoms with van der Waals surface area (Å²) in [5, 5.41) is 6.09. The average Bonchev–Trinajstić information content (AvgIpc) is 2.57. The molecule has 0 aliphatic rings. The molecule has 0 bridgehead atoms. The van der Waals surface area contributed by atoms with Crippen LogP contribution < -0.4 is 10.6 Å². The van der Waals surface area contributed by atoms with Crippen LogP contribution in [-0.4, -0.2) is 37.1 Å². The topological polar surface area (TPSA) is 80.3 Å². The van der Waals surface area contributed by atoms with Crippen molar-refractivity contribution >= 4 is 40.7 Å². The first-order valence-electron chi connectivity index (χ1n) is 7.00. The highest BCUT2D eigenvalue weighted by Gasteiger charge is 2.12. The number of benzene rings is 1. The Balaban J connectivity index is 2.09. The molecular weight excluding hydrogens is 353 g/mol. The zero-order chi connectivity index (χ0) is 17.5. The molecule has 0 aliphatic heterocycles. The third kappa shape index (κ3) is 4.92. The predicted molar refractivity (Wildman–Crippen MR) is 92.9 cm³/mol. The van der Waals surface area contributed by atoms with Gasteiger partial charge in [-0.1, -0.05) is 23.2 Å². The first kappa shape index (κ1) is 18.2. The van der Waals surface area contributed by atoms with Crippen LogP contribution in [0.4, 0.5) is 5.69 Å². The lowest BCUT2D eigenvalue weighted by molar-refractivity contribution is 0.0936. The maximum absolute atomic E-state index is 12.3. The number of amides is 2. The molecule has 0 saturated carbocycles. The van der Waals surface area contributed by atoms with Crippen LogP contribution in [-0.2, 0) is 4.74 Å². The highest BCUT2D eigenvalue weighted by molar-refractivity contribution is 6.36. The molecule has 2 aromatic rings. The molecule has 126 valence electrons. The number of pyridine rings is 1. The molecule has 1 aromatic heterocycles. The minimum atomic E-state index is -0.432. The van der Waals surface area contributed by atoms with Gasteiger partial charge in [-0.25, -0.2) is 0 Å². The number of nitrogens with zero attached hydrogens (tertiary/aromatic N) is 1. The van der Waals surface area contributed by atoms with Gasteiger partial charge in [0.25, 0.3) is 11.8 Å². The number of halogens is 2. The molecule has 1 heterocycles. The maximum Gasteiger partial charge on any atom is 0.257 e. The summed E-state index contributed by atoms with van der Waals surface area (Å²) in [6.07, 6.45) is 2.75. The number of hydrogen-bond acceptors (Lipinski definition) is 4. The number of nitrogens with one attached hydrogen (secondary N) is 2. The van der Waals surface area contributed by atoms with E-state index in [0.717, 1.165) is 0 Å². The van der Waals surface area contributed by atoms with Gasteiger partial charge in [-0.15, -0.1) is 0 Å². The van der Waals surface area contributed by atoms with Gasteiger partial charge in [-0.2, -0.15) is 0 Å². The van der Waals surface area contributed by atoms with Crippen molar-refractivity contribution in [3.8, 4) is 0 Å². The van der Waals surface area contributed by atoms with Crippen molar-refractivity contribution in [3.63, 3.8) is 0 Å². The molecule has 0 aliphatic carbocycles. The molecule has 2 rings (SSSR count). The highest BCUT2D eigenvalue weighted by Crippen LogP contribution is 2.25. The van der Waals surface area contributed by atoms with E-state index in [4.69, 9.17) is 27.9 Å². The summed E-state index contributed by atoms with van der Waals surface area (Å²) in [6.45, 7) is 0.764. The van der Waals surface area contributed by atoms with E-state index >= 15 is 0 Å². The fourth-order valence-electron chi connectivity index (χ4n) is 1.84. The largest absolute Gasteiger partial charge is 0.383 e. The summed E-state index contributed by atoms with van der Waals surface area (Å²) in [5.41, 5.74) is 0.933. The van der Waals surface area contributed by atoms with Gasteiger partial charge in [-0.05, 0) is 24.3 Å². The van der Waals surface area contributed by atoms with Gasteiger partial charge in [0, 0.05) is 31.1 Å². The van der Waals surface area contributed by atoms with Gasteiger partial charge in [0.1, 0.15) is 0 Å². The zero-order valence-corrected chi connectivity index (χ0v) is 14.3. The number of hydrogen-bond donors (Lipinski definition) is 2. The van der Waals surface area contributed by atoms with Gasteiger partial charge in [-0.3, -0.25) is 14.6 Å². The van der Waals surface area contributed by atoms with Crippen LogP contribution in [0.5, 0.6) is 0 Å². The molecule has 6 nitrogen and oxygen atoms in total. The van der Waals surface area contributed by atoms with Crippen molar-refractivity contribution in [3.05, 3.63) is 57.8 Å². The fourth-order valence-corrected chi connectivity index (χ4v) is 2.30. The standard InChI is InChI=1S/C16H15Cl2N3O3/c1-24-5-4-20-15(22)10-6-11(9-19-8-10)16(23)21-14-3-2-12(17)7-13(14)18/h2-3,6-9H,4-5H2,1H3,(H,20,22)(H,21,23). The Morgan fingerprint density at radius 2 is 1.83 bits per heavy atom. The van der Waals surface area contributed by atoms with Crippen LogP contribution in [0.1, 0.15) is 20.7 Å². The van der Waals surface area contributed by atoms with Gasteiger partial charge in [0.2, 0.25) is 0 Å². The van der Waals surface area contributed by atoms with Crippen LogP contribution in [0, 0.1) is 0 Å². The first-order chi connectivity index (χ1) is 11.5. The summed E-state index contributed by atoms with van der Waals surface area (Å²) >= 11 is 11.8. The van der Waals surface area contributed by atoms with Gasteiger partial charge >= 0.3 is 0 Å². The lowest BCUT2D eigenvalue weighted by atomic mass is 10.2. The number of rotatable bonds is 6. The molecule has 8 heteroatoms. The molecule has 0 atom stereocenters. The SMILES string of the molecule is COCCNC(=O)c1cncc(C(=O)Nc2ccc(Cl)cc2Cl)c1. The molecule has 0 saturated heterocycles. The first-order valence-corrected chi connectivity index (χ1v) is 7.75. The second-order valence-corrected chi connectivity index (χ2v) is 5.63. The number of carbonyl (C=O) groups excluding carboxylic acids is 2. The third-order valence-electron chi connectivity index (χ3n) is 3.03. The van der Waals surface area contributed by atoms with Crippen molar-refractivity contribution in [1.82, 2.24) is 10.3 Å². The Morgan fingerprint density at radius 1 is 1.12 bits per heavy atom. The molecule has 1 aromatic carbocycles. The number of anilines is 1. The van der Waals surface area contributed by atoms with Crippen LogP contribution in [0.2, 0.25) is 10.0 Å². The summed E-state index contributed by atoms with van der Waals surface area (Å²) in [6, 6.07) is 6.18. The second kappa shape index (κ2) is 8.63. The van der Waals surface area contributed by atoms with E-state index in [0.29, 0.717) is 28.9 Å². The minimum absolute atomic E-state index is 0.236. The maximum atomic E-state index is 12.3. The number of ether oxygens (including phenoxy) is 1. The van der Waals surface area contributed by atoms with Gasteiger partial charge < -0.3 is 15.4 Å². The monoisotopic (exact) mass is 367 g/mol. The van der Waals surface area contributed by atoms with Crippen LogP contribution in [0.3, 0.4) is 0 Å². The second-order valence-electron chi connectivity index (χ2n) is 4.79. The van der Waals surface area contributed by atoms with E-state index in [-0.39, 0.29) is 17.0 Å². The molecular formula is C16H15Cl2N3O3. The van der Waals surface area contributed by atoms with E-state index < -0.39 is 5.91 Å². The Kier molecular flexibility index (Phi) is 6.54. The quantitative estimate of drug-likeness (QED) is 0.769. The average molecular weight is 368 g/mol. The van der Waals surface area contributed by atoms with E-state index in [9.17, 15) is 9.59 Å². The molecule has 0 spiro atoms. The lowest BCUT2D eigenvalue weighted by Gasteiger charge is -2.09. The van der Waals surface area contributed by atoms with Crippen molar-refractivity contribution in [2.24, 2.45) is 0 Å². The Morgan fingerprint density at radius 3 is 2.50 bits per heavy atom. The van der Waals surface area contributed by atoms with Crippen molar-refractivity contribution in [2.45, 2.75) is 0 Å². The molecule has 0 unspecified atom stereocenters. The van der Waals surface area contributed by atoms with Crippen LogP contribution in [0.15, 0.2) is 36.7 Å². The predicted octanol–water partition coefficient (Wildman–Crippen LogP) is 3.02. The number of aromatic nitrogens is 1. The molecule has 2 amide bonds. The van der Waals surface area contributed by atoms with Crippen molar-refractivity contribution < 1.29 is 14.3 Å². The Labute approximate surface area is 149 Å². The fraction of sp³-hybridized carbons (Fsp3) is 0.188. The molecule has 0 fully saturated rings. The van der Waals surface area contributed by atoms with E-state index in [2.05, 4.69) is 15.6 Å². The Bertz CT molecular complexity index is 753.